The number of nitrogens with one attached hydrogen (secondary N) is 1. The Morgan fingerprint density at radius 3 is 2.40 bits per heavy atom. The summed E-state index contributed by atoms with van der Waals surface area (Å²) in [7, 11) is 0. The zero-order valence-electron chi connectivity index (χ0n) is 11.5. The molecule has 0 aliphatic carbocycles. The first-order chi connectivity index (χ1) is 9.44. The van der Waals surface area contributed by atoms with Crippen LogP contribution in [0.4, 0.5) is 10.1 Å². The second-order valence-electron chi connectivity index (χ2n) is 5.11. The van der Waals surface area contributed by atoms with Crippen LogP contribution in [-0.4, -0.2) is 11.7 Å². The summed E-state index contributed by atoms with van der Waals surface area (Å²) in [6, 6.07) is 12.3. The lowest BCUT2D eigenvalue weighted by Gasteiger charge is -2.31. The predicted molar refractivity (Wildman–Crippen MR) is 80.6 cm³/mol. The van der Waals surface area contributed by atoms with Gasteiger partial charge in [0.05, 0.1) is 17.2 Å². The summed E-state index contributed by atoms with van der Waals surface area (Å²) in [5.74, 6) is -0.467. The molecule has 0 radical (unpaired) electrons. The number of rotatable bonds is 4. The molecule has 0 aliphatic rings. The first-order valence-electron chi connectivity index (χ1n) is 6.36. The molecule has 0 amide bonds. The van der Waals surface area contributed by atoms with E-state index in [2.05, 4.69) is 5.32 Å². The highest BCUT2D eigenvalue weighted by Crippen LogP contribution is 2.29. The van der Waals surface area contributed by atoms with Gasteiger partial charge in [0.1, 0.15) is 5.82 Å². The molecule has 2 aromatic rings. The van der Waals surface area contributed by atoms with Crippen molar-refractivity contribution in [2.24, 2.45) is 0 Å². The van der Waals surface area contributed by atoms with Gasteiger partial charge in [0.25, 0.3) is 0 Å². The standard InChI is InChI=1S/C16H17ClFNO/c1-11-3-6-13(7-4-11)19-16(2,10-20)12-5-8-15(18)14(17)9-12/h3-9,19-20H,10H2,1-2H3. The van der Waals surface area contributed by atoms with E-state index in [0.717, 1.165) is 16.8 Å². The van der Waals surface area contributed by atoms with Crippen molar-refractivity contribution in [3.63, 3.8) is 0 Å². The third-order valence-electron chi connectivity index (χ3n) is 3.34. The Kier molecular flexibility index (Phi) is 4.31. The summed E-state index contributed by atoms with van der Waals surface area (Å²) in [5, 5.41) is 13.0. The highest BCUT2D eigenvalue weighted by Gasteiger charge is 2.26. The average Bonchev–Trinajstić information content (AvgIpc) is 2.44. The van der Waals surface area contributed by atoms with Crippen LogP contribution in [0.15, 0.2) is 42.5 Å². The molecular weight excluding hydrogens is 277 g/mol. The number of aryl methyl sites for hydroxylation is 1. The number of anilines is 1. The molecule has 0 bridgehead atoms. The van der Waals surface area contributed by atoms with Gasteiger partial charge in [0.15, 0.2) is 0 Å². The third kappa shape index (κ3) is 3.11. The lowest BCUT2D eigenvalue weighted by Crippen LogP contribution is -2.35. The van der Waals surface area contributed by atoms with Crippen molar-refractivity contribution >= 4 is 17.3 Å². The molecule has 2 N–H and O–H groups in total. The van der Waals surface area contributed by atoms with E-state index in [1.54, 1.807) is 6.07 Å². The number of aliphatic hydroxyl groups is 1. The monoisotopic (exact) mass is 293 g/mol. The van der Waals surface area contributed by atoms with Crippen molar-refractivity contribution in [2.75, 3.05) is 11.9 Å². The van der Waals surface area contributed by atoms with Crippen molar-refractivity contribution in [2.45, 2.75) is 19.4 Å². The van der Waals surface area contributed by atoms with Gasteiger partial charge in [-0.05, 0) is 43.7 Å². The molecule has 2 rings (SSSR count). The van der Waals surface area contributed by atoms with Gasteiger partial charge < -0.3 is 10.4 Å². The van der Waals surface area contributed by atoms with Crippen LogP contribution in [-0.2, 0) is 5.54 Å². The SMILES string of the molecule is Cc1ccc(NC(C)(CO)c2ccc(F)c(Cl)c2)cc1. The highest BCUT2D eigenvalue weighted by molar-refractivity contribution is 6.30. The van der Waals surface area contributed by atoms with E-state index in [-0.39, 0.29) is 11.6 Å². The fourth-order valence-electron chi connectivity index (χ4n) is 2.00. The normalized spacial score (nSPS) is 13.8. The Hall–Kier alpha value is -1.58. The molecule has 1 atom stereocenters. The van der Waals surface area contributed by atoms with Crippen LogP contribution in [0.3, 0.4) is 0 Å². The van der Waals surface area contributed by atoms with Crippen LogP contribution >= 0.6 is 11.6 Å². The minimum atomic E-state index is -0.730. The number of aliphatic hydroxyl groups excluding tert-OH is 1. The van der Waals surface area contributed by atoms with Crippen molar-refractivity contribution in [1.29, 1.82) is 0 Å². The largest absolute Gasteiger partial charge is 0.394 e. The fraction of sp³-hybridized carbons (Fsp3) is 0.250. The molecule has 0 aliphatic heterocycles. The molecule has 20 heavy (non-hydrogen) atoms. The van der Waals surface area contributed by atoms with Gasteiger partial charge in [-0.1, -0.05) is 35.4 Å². The number of hydrogen-bond acceptors (Lipinski definition) is 2. The van der Waals surface area contributed by atoms with Crippen molar-refractivity contribution in [3.05, 3.63) is 64.4 Å². The molecule has 1 unspecified atom stereocenters. The number of benzene rings is 2. The molecule has 0 heterocycles. The molecule has 0 saturated heterocycles. The van der Waals surface area contributed by atoms with Gasteiger partial charge in [-0.2, -0.15) is 0 Å². The first kappa shape index (κ1) is 14.8. The zero-order valence-corrected chi connectivity index (χ0v) is 12.2. The van der Waals surface area contributed by atoms with Crippen molar-refractivity contribution in [1.82, 2.24) is 0 Å². The Labute approximate surface area is 123 Å². The molecule has 0 saturated carbocycles. The van der Waals surface area contributed by atoms with Gasteiger partial charge in [0, 0.05) is 5.69 Å². The lowest BCUT2D eigenvalue weighted by molar-refractivity contribution is 0.224. The molecule has 4 heteroatoms. The molecular formula is C16H17ClFNO. The van der Waals surface area contributed by atoms with Gasteiger partial charge in [0.2, 0.25) is 0 Å². The quantitative estimate of drug-likeness (QED) is 0.889. The van der Waals surface area contributed by atoms with Crippen LogP contribution in [0, 0.1) is 12.7 Å². The zero-order chi connectivity index (χ0) is 14.8. The molecule has 106 valence electrons. The van der Waals surface area contributed by atoms with Crippen LogP contribution in [0.2, 0.25) is 5.02 Å². The van der Waals surface area contributed by atoms with Gasteiger partial charge in [-0.15, -0.1) is 0 Å². The van der Waals surface area contributed by atoms with Gasteiger partial charge in [-0.3, -0.25) is 0 Å². The maximum Gasteiger partial charge on any atom is 0.141 e. The molecule has 0 aromatic heterocycles. The Balaban J connectivity index is 2.32. The van der Waals surface area contributed by atoms with E-state index in [1.807, 2.05) is 38.1 Å². The Morgan fingerprint density at radius 2 is 1.85 bits per heavy atom. The summed E-state index contributed by atoms with van der Waals surface area (Å²) in [6.07, 6.45) is 0. The van der Waals surface area contributed by atoms with Crippen molar-refractivity contribution in [3.8, 4) is 0 Å². The maximum atomic E-state index is 13.2. The second-order valence-corrected chi connectivity index (χ2v) is 5.52. The Morgan fingerprint density at radius 1 is 1.20 bits per heavy atom. The lowest BCUT2D eigenvalue weighted by atomic mass is 9.92. The summed E-state index contributed by atoms with van der Waals surface area (Å²) in [5.41, 5.74) is 2.04. The van der Waals surface area contributed by atoms with Gasteiger partial charge in [-0.25, -0.2) is 4.39 Å². The summed E-state index contributed by atoms with van der Waals surface area (Å²) >= 11 is 5.82. The first-order valence-corrected chi connectivity index (χ1v) is 6.74. The van der Waals surface area contributed by atoms with Crippen LogP contribution in [0.25, 0.3) is 0 Å². The topological polar surface area (TPSA) is 32.3 Å². The highest BCUT2D eigenvalue weighted by atomic mass is 35.5. The average molecular weight is 294 g/mol. The Bertz CT molecular complexity index is 600. The van der Waals surface area contributed by atoms with Crippen LogP contribution in [0.5, 0.6) is 0 Å². The van der Waals surface area contributed by atoms with E-state index in [9.17, 15) is 9.50 Å². The second kappa shape index (κ2) is 5.81. The summed E-state index contributed by atoms with van der Waals surface area (Å²) in [4.78, 5) is 0. The van der Waals surface area contributed by atoms with E-state index in [4.69, 9.17) is 11.6 Å². The van der Waals surface area contributed by atoms with E-state index >= 15 is 0 Å². The number of hydrogen-bond donors (Lipinski definition) is 2. The van der Waals surface area contributed by atoms with Crippen LogP contribution < -0.4 is 5.32 Å². The maximum absolute atomic E-state index is 13.2. The minimum absolute atomic E-state index is 0.0490. The third-order valence-corrected chi connectivity index (χ3v) is 3.63. The van der Waals surface area contributed by atoms with Gasteiger partial charge >= 0.3 is 0 Å². The van der Waals surface area contributed by atoms with Crippen LogP contribution in [0.1, 0.15) is 18.1 Å². The summed E-state index contributed by atoms with van der Waals surface area (Å²) in [6.45, 7) is 3.72. The molecule has 2 aromatic carbocycles. The van der Waals surface area contributed by atoms with E-state index < -0.39 is 11.4 Å². The fourth-order valence-corrected chi connectivity index (χ4v) is 2.18. The minimum Gasteiger partial charge on any atom is -0.394 e. The van der Waals surface area contributed by atoms with E-state index in [0.29, 0.717) is 0 Å². The van der Waals surface area contributed by atoms with E-state index in [1.165, 1.54) is 12.1 Å². The molecule has 0 spiro atoms. The molecule has 0 fully saturated rings. The number of halogens is 2. The molecule has 2 nitrogen and oxygen atoms in total. The smallest absolute Gasteiger partial charge is 0.141 e. The summed E-state index contributed by atoms with van der Waals surface area (Å²) < 4.78 is 13.2. The van der Waals surface area contributed by atoms with Crippen molar-refractivity contribution < 1.29 is 9.50 Å². The predicted octanol–water partition coefficient (Wildman–Crippen LogP) is 4.11.